The summed E-state index contributed by atoms with van der Waals surface area (Å²) in [5.41, 5.74) is 14.4. The lowest BCUT2D eigenvalue weighted by atomic mass is 9.98. The van der Waals surface area contributed by atoms with Crippen molar-refractivity contribution in [3.05, 3.63) is 212 Å². The quantitative estimate of drug-likeness (QED) is 0.159. The number of para-hydroxylation sites is 3. The molecule has 0 spiro atoms. The van der Waals surface area contributed by atoms with E-state index in [1.807, 2.05) is 48.5 Å². The lowest BCUT2D eigenvalue weighted by Crippen LogP contribution is -2.04. The second-order valence-corrected chi connectivity index (χ2v) is 14.5. The van der Waals surface area contributed by atoms with Gasteiger partial charge in [0.15, 0.2) is 5.69 Å². The van der Waals surface area contributed by atoms with Gasteiger partial charge < -0.3 is 4.57 Å². The molecular formula is C53H33N5. The van der Waals surface area contributed by atoms with Crippen LogP contribution in [0.3, 0.4) is 0 Å². The Labute approximate surface area is 335 Å². The zero-order chi connectivity index (χ0) is 38.6. The smallest absolute Gasteiger partial charge is 0.235 e. The van der Waals surface area contributed by atoms with Crippen LogP contribution in [0.15, 0.2) is 200 Å². The van der Waals surface area contributed by atoms with E-state index in [0.29, 0.717) is 11.6 Å². The maximum absolute atomic E-state index is 7.43. The predicted molar refractivity (Wildman–Crippen MR) is 239 cm³/mol. The highest BCUT2D eigenvalue weighted by Crippen LogP contribution is 2.38. The Morgan fingerprint density at radius 3 is 1.34 bits per heavy atom. The topological polar surface area (TPSA) is 40.0 Å². The molecule has 0 aliphatic carbocycles. The molecule has 0 fully saturated rings. The van der Waals surface area contributed by atoms with Crippen LogP contribution in [-0.2, 0) is 0 Å². The molecule has 0 saturated carbocycles. The molecule has 0 aliphatic heterocycles. The summed E-state index contributed by atoms with van der Waals surface area (Å²) in [7, 11) is 0. The molecule has 0 unspecified atom stereocenters. The van der Waals surface area contributed by atoms with Gasteiger partial charge in [-0.2, -0.15) is 0 Å². The number of fused-ring (bicyclic) bond motifs is 6. The first-order chi connectivity index (χ1) is 28.7. The van der Waals surface area contributed by atoms with E-state index in [1.165, 1.54) is 32.9 Å². The maximum atomic E-state index is 7.43. The maximum Gasteiger partial charge on any atom is 0.235 e. The SMILES string of the molecule is [C-]#[N+]c1ccc(-c2cc(-c3ccccc3)nc(-n3c4ccccc4c4cc(-c5ccc(-c6ccc7c(c6)c6ccccc6n7-c6ccccc6)cc5)ccc43)n2)cc1. The molecule has 0 bridgehead atoms. The third-order valence-electron chi connectivity index (χ3n) is 11.2. The van der Waals surface area contributed by atoms with E-state index in [1.54, 1.807) is 0 Å². The Morgan fingerprint density at radius 1 is 0.345 bits per heavy atom. The van der Waals surface area contributed by atoms with Gasteiger partial charge in [0.1, 0.15) is 0 Å². The largest absolute Gasteiger partial charge is 0.309 e. The van der Waals surface area contributed by atoms with Gasteiger partial charge in [-0.3, -0.25) is 4.57 Å². The lowest BCUT2D eigenvalue weighted by molar-refractivity contribution is 0.995. The lowest BCUT2D eigenvalue weighted by Gasteiger charge is -2.12. The fraction of sp³-hybridized carbons (Fsp3) is 0. The van der Waals surface area contributed by atoms with Crippen molar-refractivity contribution in [1.29, 1.82) is 0 Å². The van der Waals surface area contributed by atoms with Crippen LogP contribution in [0.4, 0.5) is 5.69 Å². The minimum absolute atomic E-state index is 0.595. The minimum atomic E-state index is 0.595. The monoisotopic (exact) mass is 739 g/mol. The zero-order valence-electron chi connectivity index (χ0n) is 31.3. The van der Waals surface area contributed by atoms with E-state index in [4.69, 9.17) is 16.5 Å². The van der Waals surface area contributed by atoms with Crippen LogP contribution < -0.4 is 0 Å². The molecule has 0 atom stereocenters. The average molecular weight is 740 g/mol. The van der Waals surface area contributed by atoms with Gasteiger partial charge in [-0.25, -0.2) is 14.8 Å². The van der Waals surface area contributed by atoms with E-state index in [-0.39, 0.29) is 0 Å². The van der Waals surface area contributed by atoms with Gasteiger partial charge in [-0.05, 0) is 82.4 Å². The molecule has 270 valence electrons. The number of aromatic nitrogens is 4. The Morgan fingerprint density at radius 2 is 0.776 bits per heavy atom. The molecule has 11 aromatic rings. The highest BCUT2D eigenvalue weighted by Gasteiger charge is 2.18. The standard InChI is InChI=1S/C53H33N5/c1-54-41-28-24-38(25-29-41)48-34-47(37-12-4-2-5-13-37)55-53(56-48)58-50-19-11-9-17-44(50)46-33-40(27-31-52(46)58)36-22-20-35(21-23-36)39-26-30-51-45(32-39)43-16-8-10-18-49(43)57(51)42-14-6-3-7-15-42/h2-34H. The third-order valence-corrected chi connectivity index (χ3v) is 11.2. The summed E-state index contributed by atoms with van der Waals surface area (Å²) in [6.45, 7) is 7.43. The molecule has 8 aromatic carbocycles. The second kappa shape index (κ2) is 13.6. The number of rotatable bonds is 6. The van der Waals surface area contributed by atoms with Crippen molar-refractivity contribution in [1.82, 2.24) is 19.1 Å². The van der Waals surface area contributed by atoms with E-state index in [9.17, 15) is 0 Å². The van der Waals surface area contributed by atoms with Crippen molar-refractivity contribution < 1.29 is 0 Å². The van der Waals surface area contributed by atoms with Crippen molar-refractivity contribution in [3.8, 4) is 56.4 Å². The zero-order valence-corrected chi connectivity index (χ0v) is 31.3. The molecular weight excluding hydrogens is 707 g/mol. The molecule has 0 aliphatic rings. The van der Waals surface area contributed by atoms with Gasteiger partial charge in [0.25, 0.3) is 0 Å². The summed E-state index contributed by atoms with van der Waals surface area (Å²) in [6.07, 6.45) is 0. The van der Waals surface area contributed by atoms with Crippen LogP contribution in [0.2, 0.25) is 0 Å². The highest BCUT2D eigenvalue weighted by atomic mass is 15.2. The van der Waals surface area contributed by atoms with Crippen LogP contribution in [0.25, 0.3) is 105 Å². The molecule has 5 nitrogen and oxygen atoms in total. The van der Waals surface area contributed by atoms with E-state index in [0.717, 1.165) is 61.1 Å². The van der Waals surface area contributed by atoms with Crippen LogP contribution in [0, 0.1) is 6.57 Å². The van der Waals surface area contributed by atoms with Gasteiger partial charge in [0.05, 0.1) is 40.0 Å². The Kier molecular flexibility index (Phi) is 7.80. The van der Waals surface area contributed by atoms with E-state index < -0.39 is 0 Å². The summed E-state index contributed by atoms with van der Waals surface area (Å²) in [6, 6.07) is 70.0. The number of hydrogen-bond donors (Lipinski definition) is 0. The highest BCUT2D eigenvalue weighted by molar-refractivity contribution is 6.11. The van der Waals surface area contributed by atoms with Crippen LogP contribution in [0.1, 0.15) is 0 Å². The molecule has 3 aromatic heterocycles. The summed E-state index contributed by atoms with van der Waals surface area (Å²) in [5.74, 6) is 0.595. The first kappa shape index (κ1) is 33.3. The summed E-state index contributed by atoms with van der Waals surface area (Å²) < 4.78 is 4.53. The Balaban J connectivity index is 0.997. The second-order valence-electron chi connectivity index (χ2n) is 14.5. The first-order valence-corrected chi connectivity index (χ1v) is 19.4. The van der Waals surface area contributed by atoms with Gasteiger partial charge >= 0.3 is 0 Å². The number of hydrogen-bond acceptors (Lipinski definition) is 2. The molecule has 5 heteroatoms. The summed E-state index contributed by atoms with van der Waals surface area (Å²) in [4.78, 5) is 13.9. The van der Waals surface area contributed by atoms with Crippen molar-refractivity contribution in [3.63, 3.8) is 0 Å². The first-order valence-electron chi connectivity index (χ1n) is 19.4. The van der Waals surface area contributed by atoms with E-state index >= 15 is 0 Å². The van der Waals surface area contributed by atoms with Crippen molar-refractivity contribution >= 4 is 49.3 Å². The van der Waals surface area contributed by atoms with Crippen LogP contribution in [0.5, 0.6) is 0 Å². The van der Waals surface area contributed by atoms with Crippen molar-refractivity contribution in [2.45, 2.75) is 0 Å². The number of nitrogens with zero attached hydrogens (tertiary/aromatic N) is 5. The fourth-order valence-electron chi connectivity index (χ4n) is 8.38. The van der Waals surface area contributed by atoms with Gasteiger partial charge in [-0.1, -0.05) is 146 Å². The summed E-state index contributed by atoms with van der Waals surface area (Å²) >= 11 is 0. The van der Waals surface area contributed by atoms with Crippen LogP contribution >= 0.6 is 0 Å². The minimum Gasteiger partial charge on any atom is -0.309 e. The fourth-order valence-corrected chi connectivity index (χ4v) is 8.38. The van der Waals surface area contributed by atoms with E-state index in [2.05, 4.69) is 166 Å². The van der Waals surface area contributed by atoms with Crippen LogP contribution in [-0.4, -0.2) is 19.1 Å². The Hall–Kier alpha value is -8.07. The molecule has 0 saturated heterocycles. The number of benzene rings is 8. The molecule has 0 amide bonds. The Bertz CT molecular complexity index is 3370. The van der Waals surface area contributed by atoms with Crippen molar-refractivity contribution in [2.75, 3.05) is 0 Å². The molecule has 58 heavy (non-hydrogen) atoms. The molecule has 0 radical (unpaired) electrons. The molecule has 11 rings (SSSR count). The normalized spacial score (nSPS) is 11.4. The summed E-state index contributed by atoms with van der Waals surface area (Å²) in [5, 5.41) is 4.76. The van der Waals surface area contributed by atoms with Crippen molar-refractivity contribution in [2.24, 2.45) is 0 Å². The predicted octanol–water partition coefficient (Wildman–Crippen LogP) is 13.9. The van der Waals surface area contributed by atoms with Gasteiger partial charge in [0.2, 0.25) is 5.95 Å². The average Bonchev–Trinajstić information content (AvgIpc) is 3.82. The van der Waals surface area contributed by atoms with Gasteiger partial charge in [-0.15, -0.1) is 0 Å². The molecule has 3 heterocycles. The third kappa shape index (κ3) is 5.55. The molecule has 0 N–H and O–H groups in total. The van der Waals surface area contributed by atoms with Gasteiger partial charge in [0, 0.05) is 32.8 Å².